The molecule has 2 aromatic rings. The van der Waals surface area contributed by atoms with Crippen LogP contribution in [0.1, 0.15) is 202 Å². The molecule has 0 aliphatic carbocycles. The van der Waals surface area contributed by atoms with Crippen LogP contribution in [0.5, 0.6) is 0 Å². The number of hydrogen-bond acceptors (Lipinski definition) is 0. The van der Waals surface area contributed by atoms with E-state index in [9.17, 15) is 0 Å². The highest BCUT2D eigenvalue weighted by Gasteiger charge is 2.33. The highest BCUT2D eigenvalue weighted by molar-refractivity contribution is 9.10. The molecule has 0 N–H and O–H groups in total. The van der Waals surface area contributed by atoms with Gasteiger partial charge >= 0.3 is 0 Å². The first-order valence-corrected chi connectivity index (χ1v) is 19.5. The van der Waals surface area contributed by atoms with Crippen LogP contribution in [0.25, 0.3) is 0 Å². The van der Waals surface area contributed by atoms with Crippen LogP contribution >= 0.6 is 31.9 Å². The summed E-state index contributed by atoms with van der Waals surface area (Å²) in [5.41, 5.74) is 9.68. The Hall–Kier alpha value is -0.600. The molecule has 45 heavy (non-hydrogen) atoms. The quantitative estimate of drug-likeness (QED) is 0.190. The van der Waals surface area contributed by atoms with E-state index in [4.69, 9.17) is 0 Å². The van der Waals surface area contributed by atoms with Gasteiger partial charge in [0, 0.05) is 8.95 Å². The summed E-state index contributed by atoms with van der Waals surface area (Å²) in [6, 6.07) is 9.76. The molecule has 0 atom stereocenters. The van der Waals surface area contributed by atoms with E-state index in [-0.39, 0.29) is 32.5 Å². The van der Waals surface area contributed by atoms with Gasteiger partial charge < -0.3 is 0 Å². The Morgan fingerprint density at radius 1 is 0.378 bits per heavy atom. The smallest absolute Gasteiger partial charge is 0.0218 e. The number of rotatable bonds is 12. The van der Waals surface area contributed by atoms with Crippen LogP contribution in [0.3, 0.4) is 0 Å². The fraction of sp³-hybridized carbons (Fsp3) is 0.721. The van der Waals surface area contributed by atoms with E-state index in [1.165, 1.54) is 100 Å². The lowest BCUT2D eigenvalue weighted by molar-refractivity contribution is 0.417. The molecule has 0 unspecified atom stereocenters. The van der Waals surface area contributed by atoms with Crippen molar-refractivity contribution in [1.29, 1.82) is 0 Å². The summed E-state index contributed by atoms with van der Waals surface area (Å²) >= 11 is 8.06. The van der Waals surface area contributed by atoms with E-state index in [0.717, 1.165) is 0 Å². The summed E-state index contributed by atoms with van der Waals surface area (Å²) in [5.74, 6) is 0. The third kappa shape index (κ3) is 11.2. The molecule has 2 heteroatoms. The molecule has 0 amide bonds. The van der Waals surface area contributed by atoms with Crippen molar-refractivity contribution in [3.63, 3.8) is 0 Å². The van der Waals surface area contributed by atoms with Gasteiger partial charge in [0.25, 0.3) is 0 Å². The monoisotopic (exact) mass is 744 g/mol. The first-order valence-electron chi connectivity index (χ1n) is 17.9. The van der Waals surface area contributed by atoms with Crippen molar-refractivity contribution in [3.05, 3.63) is 66.6 Å². The predicted octanol–water partition coefficient (Wildman–Crippen LogP) is 15.2. The maximum absolute atomic E-state index is 4.03. The van der Waals surface area contributed by atoms with Crippen LogP contribution in [0.2, 0.25) is 0 Å². The zero-order valence-electron chi connectivity index (χ0n) is 32.4. The summed E-state index contributed by atoms with van der Waals surface area (Å²) < 4.78 is 2.58. The fourth-order valence-electron chi connectivity index (χ4n) is 6.91. The molecule has 0 fully saturated rings. The highest BCUT2D eigenvalue weighted by Crippen LogP contribution is 2.45. The van der Waals surface area contributed by atoms with E-state index in [2.05, 4.69) is 167 Å². The maximum atomic E-state index is 4.03. The minimum atomic E-state index is 0.116. The highest BCUT2D eigenvalue weighted by atomic mass is 79.9. The van der Waals surface area contributed by atoms with Gasteiger partial charge in [0.2, 0.25) is 0 Å². The van der Waals surface area contributed by atoms with E-state index < -0.39 is 0 Å². The van der Waals surface area contributed by atoms with E-state index >= 15 is 0 Å². The third-order valence-electron chi connectivity index (χ3n) is 9.99. The van der Waals surface area contributed by atoms with Gasteiger partial charge in [0.15, 0.2) is 0 Å². The Kier molecular flexibility index (Phi) is 13.4. The van der Waals surface area contributed by atoms with Crippen molar-refractivity contribution >= 4 is 31.9 Å². The molecular formula is C43H70Br2. The molecule has 0 saturated carbocycles. The molecular weight excluding hydrogens is 676 g/mol. The minimum absolute atomic E-state index is 0.116. The van der Waals surface area contributed by atoms with Crippen molar-refractivity contribution in [3.8, 4) is 0 Å². The third-order valence-corrected chi connectivity index (χ3v) is 11.2. The molecule has 0 aliphatic rings. The number of unbranched alkanes of at least 4 members (excludes halogenated alkanes) is 6. The molecule has 0 radical (unpaired) electrons. The van der Waals surface area contributed by atoms with Gasteiger partial charge in [0.05, 0.1) is 0 Å². The standard InChI is InChI=1S/C43H70Br2/c1-38(2,3)30-26-32(40(7,8)9)36(34(44)28-30)42(13,14)24-22-20-18-17-19-21-23-25-43(15,16)37-33(41(10,11)12)27-31(29-35(37)45)39(4,5)6/h26-29H,17-25H2,1-16H3. The van der Waals surface area contributed by atoms with Gasteiger partial charge in [0.1, 0.15) is 0 Å². The minimum Gasteiger partial charge on any atom is -0.0561 e. The zero-order chi connectivity index (χ0) is 34.8. The van der Waals surface area contributed by atoms with E-state index in [1.807, 2.05) is 0 Å². The zero-order valence-corrected chi connectivity index (χ0v) is 35.6. The maximum Gasteiger partial charge on any atom is 0.0218 e. The van der Waals surface area contributed by atoms with Crippen LogP contribution in [0, 0.1) is 0 Å². The van der Waals surface area contributed by atoms with Gasteiger partial charge in [-0.1, -0.05) is 200 Å². The lowest BCUT2D eigenvalue weighted by atomic mass is 9.70. The Bertz CT molecular complexity index is 1160. The molecule has 256 valence electrons. The van der Waals surface area contributed by atoms with Crippen LogP contribution < -0.4 is 0 Å². The second-order valence-corrected chi connectivity index (χ2v) is 21.2. The van der Waals surface area contributed by atoms with Crippen molar-refractivity contribution < 1.29 is 0 Å². The summed E-state index contributed by atoms with van der Waals surface area (Å²) in [6.07, 6.45) is 11.8. The summed E-state index contributed by atoms with van der Waals surface area (Å²) in [6.45, 7) is 38.0. The molecule has 0 aliphatic heterocycles. The van der Waals surface area contributed by atoms with Crippen molar-refractivity contribution in [2.24, 2.45) is 0 Å². The SMILES string of the molecule is CC(C)(C)c1cc(Br)c(C(C)(C)CCCCCCCCCC(C)(C)c2c(Br)cc(C(C)(C)C)cc2C(C)(C)C)c(C(C)(C)C)c1. The van der Waals surface area contributed by atoms with Crippen molar-refractivity contribution in [1.82, 2.24) is 0 Å². The molecule has 0 spiro atoms. The lowest BCUT2D eigenvalue weighted by Crippen LogP contribution is -2.27. The first kappa shape index (κ1) is 40.6. The molecule has 0 saturated heterocycles. The van der Waals surface area contributed by atoms with Crippen molar-refractivity contribution in [2.75, 3.05) is 0 Å². The largest absolute Gasteiger partial charge is 0.0561 e. The summed E-state index contributed by atoms with van der Waals surface area (Å²) in [4.78, 5) is 0. The summed E-state index contributed by atoms with van der Waals surface area (Å²) in [7, 11) is 0. The van der Waals surface area contributed by atoms with E-state index in [0.29, 0.717) is 0 Å². The van der Waals surface area contributed by atoms with Crippen LogP contribution in [-0.4, -0.2) is 0 Å². The van der Waals surface area contributed by atoms with Crippen LogP contribution in [0.4, 0.5) is 0 Å². The molecule has 0 aromatic heterocycles. The Morgan fingerprint density at radius 3 is 0.889 bits per heavy atom. The Morgan fingerprint density at radius 2 is 0.644 bits per heavy atom. The summed E-state index contributed by atoms with van der Waals surface area (Å²) in [5, 5.41) is 0. The van der Waals surface area contributed by atoms with Gasteiger partial charge in [-0.05, 0) is 90.8 Å². The van der Waals surface area contributed by atoms with Crippen molar-refractivity contribution in [2.45, 2.75) is 201 Å². The Balaban J connectivity index is 1.94. The second kappa shape index (κ2) is 14.9. The number of halogens is 2. The normalized spacial score (nSPS) is 13.9. The lowest BCUT2D eigenvalue weighted by Gasteiger charge is -2.36. The molecule has 0 heterocycles. The van der Waals surface area contributed by atoms with Gasteiger partial charge in [-0.2, -0.15) is 0 Å². The van der Waals surface area contributed by atoms with Crippen LogP contribution in [0.15, 0.2) is 33.2 Å². The van der Waals surface area contributed by atoms with Crippen LogP contribution in [-0.2, 0) is 32.5 Å². The molecule has 2 rings (SSSR count). The second-order valence-electron chi connectivity index (χ2n) is 19.5. The predicted molar refractivity (Wildman–Crippen MR) is 211 cm³/mol. The van der Waals surface area contributed by atoms with E-state index in [1.54, 1.807) is 0 Å². The van der Waals surface area contributed by atoms with Gasteiger partial charge in [-0.25, -0.2) is 0 Å². The number of benzene rings is 2. The van der Waals surface area contributed by atoms with Gasteiger partial charge in [-0.15, -0.1) is 0 Å². The Labute approximate surface area is 298 Å². The molecule has 0 bridgehead atoms. The molecule has 2 aromatic carbocycles. The molecule has 0 nitrogen and oxygen atoms in total. The number of hydrogen-bond donors (Lipinski definition) is 0. The topological polar surface area (TPSA) is 0 Å². The first-order chi connectivity index (χ1) is 20.2. The average molecular weight is 747 g/mol. The fourth-order valence-corrected chi connectivity index (χ4v) is 8.90. The average Bonchev–Trinajstić information content (AvgIpc) is 2.84. The van der Waals surface area contributed by atoms with Gasteiger partial charge in [-0.3, -0.25) is 0 Å².